The number of carbonyl (C=O) groups is 1. The Kier molecular flexibility index (Phi) is 4.97. The number of anilines is 1. The largest absolute Gasteiger partial charge is 0.463 e. The Hall–Kier alpha value is -2.62. The van der Waals surface area contributed by atoms with Crippen molar-refractivity contribution in [2.75, 3.05) is 12.0 Å². The third-order valence-corrected chi connectivity index (χ3v) is 1.54. The molecule has 0 aliphatic carbocycles. The second-order valence-corrected chi connectivity index (χ2v) is 2.73. The molecule has 0 unspecified atom stereocenters. The van der Waals surface area contributed by atoms with E-state index in [1.807, 2.05) is 6.07 Å². The van der Waals surface area contributed by atoms with Gasteiger partial charge in [0.15, 0.2) is 0 Å². The van der Waals surface area contributed by atoms with Gasteiger partial charge in [0, 0.05) is 18.5 Å². The van der Waals surface area contributed by atoms with Gasteiger partial charge in [-0.25, -0.2) is 14.8 Å². The smallest absolute Gasteiger partial charge is 0.332 e. The molecule has 7 heteroatoms. The van der Waals surface area contributed by atoms with Gasteiger partial charge in [0.2, 0.25) is 5.95 Å². The monoisotopic (exact) mass is 233 g/mol. The van der Waals surface area contributed by atoms with Crippen molar-refractivity contribution < 1.29 is 9.53 Å². The Morgan fingerprint density at radius 1 is 1.71 bits per heavy atom. The summed E-state index contributed by atoms with van der Waals surface area (Å²) in [7, 11) is 0. The van der Waals surface area contributed by atoms with Gasteiger partial charge >= 0.3 is 5.97 Å². The molecule has 0 aromatic carbocycles. The molecule has 2 N–H and O–H groups in total. The second kappa shape index (κ2) is 6.79. The molecule has 0 atom stereocenters. The summed E-state index contributed by atoms with van der Waals surface area (Å²) < 4.78 is 4.66. The van der Waals surface area contributed by atoms with Crippen molar-refractivity contribution in [3.05, 3.63) is 30.2 Å². The molecule has 0 saturated carbocycles. The van der Waals surface area contributed by atoms with Gasteiger partial charge in [-0.3, -0.25) is 5.43 Å². The van der Waals surface area contributed by atoms with Crippen LogP contribution in [0.1, 0.15) is 12.6 Å². The maximum atomic E-state index is 10.9. The number of nitrogens with zero attached hydrogens (tertiary/aromatic N) is 3. The molecule has 0 aliphatic heterocycles. The summed E-state index contributed by atoms with van der Waals surface area (Å²) in [4.78, 5) is 18.6. The molecule has 0 radical (unpaired) electrons. The summed E-state index contributed by atoms with van der Waals surface area (Å²) in [6, 6.07) is 3.37. The number of hydrogen-bond donors (Lipinski definition) is 2. The molecule has 1 aromatic rings. The van der Waals surface area contributed by atoms with Crippen LogP contribution in [0.2, 0.25) is 0 Å². The summed E-state index contributed by atoms with van der Waals surface area (Å²) in [6.45, 7) is 2.04. The number of rotatable bonds is 5. The van der Waals surface area contributed by atoms with Crippen molar-refractivity contribution in [1.29, 1.82) is 5.26 Å². The predicted octanol–water partition coefficient (Wildman–Crippen LogP) is 0.342. The zero-order chi connectivity index (χ0) is 12.5. The maximum Gasteiger partial charge on any atom is 0.332 e. The fraction of sp³-hybridized carbons (Fsp3) is 0.200. The van der Waals surface area contributed by atoms with Crippen molar-refractivity contribution in [2.45, 2.75) is 6.92 Å². The lowest BCUT2D eigenvalue weighted by atomic mass is 10.4. The lowest BCUT2D eigenvalue weighted by Gasteiger charge is -2.02. The Bertz CT molecular complexity index is 452. The molecule has 0 amide bonds. The zero-order valence-electron chi connectivity index (χ0n) is 9.17. The first kappa shape index (κ1) is 12.4. The van der Waals surface area contributed by atoms with E-state index in [1.165, 1.54) is 24.5 Å². The maximum absolute atomic E-state index is 10.9. The molecule has 0 bridgehead atoms. The average molecular weight is 233 g/mol. The lowest BCUT2D eigenvalue weighted by molar-refractivity contribution is -0.137. The van der Waals surface area contributed by atoms with E-state index in [-0.39, 0.29) is 11.6 Å². The SMILES string of the molecule is CCOC(=O)/C=C/NNc1nccc(C#N)n1. The number of nitrogens with one attached hydrogen (secondary N) is 2. The number of esters is 1. The third-order valence-electron chi connectivity index (χ3n) is 1.54. The topological polar surface area (TPSA) is 99.9 Å². The van der Waals surface area contributed by atoms with Crippen LogP contribution < -0.4 is 10.9 Å². The zero-order valence-corrected chi connectivity index (χ0v) is 9.17. The molecule has 0 saturated heterocycles. The van der Waals surface area contributed by atoms with Crippen LogP contribution in [0.25, 0.3) is 0 Å². The average Bonchev–Trinajstić information content (AvgIpc) is 2.35. The Morgan fingerprint density at radius 3 is 3.24 bits per heavy atom. The highest BCUT2D eigenvalue weighted by Gasteiger charge is 1.96. The summed E-state index contributed by atoms with van der Waals surface area (Å²) in [5.41, 5.74) is 5.42. The van der Waals surface area contributed by atoms with Gasteiger partial charge in [-0.1, -0.05) is 0 Å². The fourth-order valence-corrected chi connectivity index (χ4v) is 0.887. The minimum atomic E-state index is -0.450. The van der Waals surface area contributed by atoms with E-state index in [0.29, 0.717) is 6.61 Å². The van der Waals surface area contributed by atoms with E-state index >= 15 is 0 Å². The van der Waals surface area contributed by atoms with Gasteiger partial charge in [0.1, 0.15) is 11.8 Å². The summed E-state index contributed by atoms with van der Waals surface area (Å²) in [6.07, 6.45) is 4.01. The molecule has 7 nitrogen and oxygen atoms in total. The quantitative estimate of drug-likeness (QED) is 0.429. The summed E-state index contributed by atoms with van der Waals surface area (Å²) >= 11 is 0. The van der Waals surface area contributed by atoms with Crippen LogP contribution in [0, 0.1) is 11.3 Å². The predicted molar refractivity (Wildman–Crippen MR) is 59.3 cm³/mol. The highest BCUT2D eigenvalue weighted by molar-refractivity contribution is 5.81. The van der Waals surface area contributed by atoms with Gasteiger partial charge in [0.05, 0.1) is 6.61 Å². The van der Waals surface area contributed by atoms with Crippen LogP contribution in [-0.2, 0) is 9.53 Å². The van der Waals surface area contributed by atoms with Crippen LogP contribution in [-0.4, -0.2) is 22.5 Å². The molecule has 0 spiro atoms. The third kappa shape index (κ3) is 4.61. The van der Waals surface area contributed by atoms with Gasteiger partial charge in [0.25, 0.3) is 0 Å². The molecule has 0 aliphatic rings. The molecule has 0 fully saturated rings. The lowest BCUT2D eigenvalue weighted by Crippen LogP contribution is -2.17. The van der Waals surface area contributed by atoms with E-state index in [0.717, 1.165) is 0 Å². The standard InChI is InChI=1S/C10H11N5O2/c1-2-17-9(16)4-6-13-15-10-12-5-3-8(7-11)14-10/h3-6,13H,2H2,1H3,(H,12,14,15)/b6-4+. The molecule has 17 heavy (non-hydrogen) atoms. The molecular formula is C10H11N5O2. The Balaban J connectivity index is 2.41. The normalized spacial score (nSPS) is 9.65. The van der Waals surface area contributed by atoms with E-state index in [2.05, 4.69) is 25.6 Å². The van der Waals surface area contributed by atoms with Crippen LogP contribution >= 0.6 is 0 Å². The van der Waals surface area contributed by atoms with Crippen LogP contribution in [0.3, 0.4) is 0 Å². The highest BCUT2D eigenvalue weighted by atomic mass is 16.5. The molecule has 88 valence electrons. The number of nitriles is 1. The highest BCUT2D eigenvalue weighted by Crippen LogP contribution is 1.96. The molecule has 1 aromatic heterocycles. The van der Waals surface area contributed by atoms with E-state index < -0.39 is 5.97 Å². The minimum Gasteiger partial charge on any atom is -0.463 e. The minimum absolute atomic E-state index is 0.234. The summed E-state index contributed by atoms with van der Waals surface area (Å²) in [5.74, 6) is -0.217. The summed E-state index contributed by atoms with van der Waals surface area (Å²) in [5, 5.41) is 8.60. The second-order valence-electron chi connectivity index (χ2n) is 2.73. The first-order valence-corrected chi connectivity index (χ1v) is 4.84. The first-order valence-electron chi connectivity index (χ1n) is 4.84. The Labute approximate surface area is 98.1 Å². The van der Waals surface area contributed by atoms with Crippen molar-refractivity contribution >= 4 is 11.9 Å². The Morgan fingerprint density at radius 2 is 2.53 bits per heavy atom. The number of carbonyl (C=O) groups excluding carboxylic acids is 1. The fourth-order valence-electron chi connectivity index (χ4n) is 0.887. The van der Waals surface area contributed by atoms with Crippen molar-refractivity contribution in [3.8, 4) is 6.07 Å². The van der Waals surface area contributed by atoms with E-state index in [9.17, 15) is 4.79 Å². The van der Waals surface area contributed by atoms with E-state index in [4.69, 9.17) is 5.26 Å². The van der Waals surface area contributed by atoms with Crippen molar-refractivity contribution in [3.63, 3.8) is 0 Å². The van der Waals surface area contributed by atoms with Crippen molar-refractivity contribution in [1.82, 2.24) is 15.4 Å². The van der Waals surface area contributed by atoms with Crippen LogP contribution in [0.4, 0.5) is 5.95 Å². The van der Waals surface area contributed by atoms with Gasteiger partial charge in [-0.15, -0.1) is 0 Å². The van der Waals surface area contributed by atoms with Gasteiger partial charge in [-0.05, 0) is 13.0 Å². The number of hydrogen-bond acceptors (Lipinski definition) is 7. The number of aromatic nitrogens is 2. The molecule has 1 heterocycles. The number of hydrazine groups is 1. The van der Waals surface area contributed by atoms with E-state index in [1.54, 1.807) is 6.92 Å². The number of ether oxygens (including phenoxy) is 1. The van der Waals surface area contributed by atoms with Crippen LogP contribution in [0.15, 0.2) is 24.5 Å². The molecule has 1 rings (SSSR count). The first-order chi connectivity index (χ1) is 8.26. The van der Waals surface area contributed by atoms with Crippen LogP contribution in [0.5, 0.6) is 0 Å². The van der Waals surface area contributed by atoms with Gasteiger partial charge in [-0.2, -0.15) is 5.26 Å². The van der Waals surface area contributed by atoms with Gasteiger partial charge < -0.3 is 10.2 Å². The van der Waals surface area contributed by atoms with Crippen molar-refractivity contribution in [2.24, 2.45) is 0 Å². The molecular weight excluding hydrogens is 222 g/mol.